The summed E-state index contributed by atoms with van der Waals surface area (Å²) in [7, 11) is 5.69. The van der Waals surface area contributed by atoms with Crippen molar-refractivity contribution in [2.75, 3.05) is 29.6 Å². The van der Waals surface area contributed by atoms with Crippen molar-refractivity contribution in [3.8, 4) is 0 Å². The monoisotopic (exact) mass is 327 g/mol. The molecule has 0 aliphatic rings. The molecule has 3 aromatic rings. The van der Waals surface area contributed by atoms with E-state index in [9.17, 15) is 9.18 Å². The van der Waals surface area contributed by atoms with E-state index < -0.39 is 6.03 Å². The van der Waals surface area contributed by atoms with Crippen LogP contribution in [0.5, 0.6) is 0 Å². The minimum Gasteiger partial charge on any atom is -0.377 e. The van der Waals surface area contributed by atoms with Crippen molar-refractivity contribution >= 4 is 34.1 Å². The number of rotatable bonds is 3. The Labute approximate surface area is 138 Å². The van der Waals surface area contributed by atoms with Gasteiger partial charge in [-0.2, -0.15) is 5.10 Å². The highest BCUT2D eigenvalue weighted by molar-refractivity contribution is 6.08. The number of fused-ring (bicyclic) bond motifs is 1. The van der Waals surface area contributed by atoms with E-state index in [1.165, 1.54) is 24.3 Å². The second-order valence-electron chi connectivity index (χ2n) is 5.62. The zero-order chi connectivity index (χ0) is 17.3. The Hall–Kier alpha value is -3.09. The number of urea groups is 1. The number of carbonyl (C=O) groups excluding carboxylic acids is 1. The van der Waals surface area contributed by atoms with Gasteiger partial charge in [0.25, 0.3) is 0 Å². The molecule has 0 saturated heterocycles. The van der Waals surface area contributed by atoms with E-state index in [1.54, 1.807) is 4.68 Å². The number of anilines is 3. The molecule has 0 spiro atoms. The van der Waals surface area contributed by atoms with E-state index in [0.29, 0.717) is 11.5 Å². The van der Waals surface area contributed by atoms with E-state index in [1.807, 2.05) is 44.2 Å². The first-order valence-corrected chi connectivity index (χ1v) is 7.42. The second-order valence-corrected chi connectivity index (χ2v) is 5.62. The number of carbonyl (C=O) groups is 1. The van der Waals surface area contributed by atoms with Gasteiger partial charge in [0.15, 0.2) is 5.82 Å². The van der Waals surface area contributed by atoms with E-state index in [2.05, 4.69) is 15.7 Å². The molecule has 3 rings (SSSR count). The number of benzene rings is 2. The van der Waals surface area contributed by atoms with Crippen LogP contribution in [0.15, 0.2) is 42.5 Å². The van der Waals surface area contributed by atoms with Crippen LogP contribution in [0, 0.1) is 5.82 Å². The van der Waals surface area contributed by atoms with Crippen LogP contribution < -0.4 is 15.5 Å². The van der Waals surface area contributed by atoms with Crippen LogP contribution in [0.1, 0.15) is 0 Å². The third-order valence-electron chi connectivity index (χ3n) is 3.67. The smallest absolute Gasteiger partial charge is 0.324 e. The molecular weight excluding hydrogens is 309 g/mol. The molecule has 0 bridgehead atoms. The largest absolute Gasteiger partial charge is 0.377 e. The minimum atomic E-state index is -0.435. The third kappa shape index (κ3) is 3.01. The zero-order valence-electron chi connectivity index (χ0n) is 13.7. The third-order valence-corrected chi connectivity index (χ3v) is 3.67. The van der Waals surface area contributed by atoms with Gasteiger partial charge in [0.05, 0.1) is 10.9 Å². The van der Waals surface area contributed by atoms with Crippen LogP contribution in [0.25, 0.3) is 10.9 Å². The molecule has 0 fully saturated rings. The minimum absolute atomic E-state index is 0.354. The Balaban J connectivity index is 1.89. The van der Waals surface area contributed by atoms with Gasteiger partial charge in [-0.05, 0) is 36.4 Å². The highest BCUT2D eigenvalue weighted by atomic mass is 19.1. The lowest BCUT2D eigenvalue weighted by Gasteiger charge is -2.14. The molecule has 24 heavy (non-hydrogen) atoms. The summed E-state index contributed by atoms with van der Waals surface area (Å²) in [6.07, 6.45) is 0. The van der Waals surface area contributed by atoms with Gasteiger partial charge in [-0.3, -0.25) is 10.00 Å². The molecule has 0 unspecified atom stereocenters. The van der Waals surface area contributed by atoms with Gasteiger partial charge in [-0.25, -0.2) is 9.18 Å². The summed E-state index contributed by atoms with van der Waals surface area (Å²) in [5, 5.41) is 10.7. The fourth-order valence-corrected chi connectivity index (χ4v) is 2.56. The molecule has 1 heterocycles. The first-order valence-electron chi connectivity index (χ1n) is 7.42. The predicted octanol–water partition coefficient (Wildman–Crippen LogP) is 3.42. The summed E-state index contributed by atoms with van der Waals surface area (Å²) in [4.78, 5) is 14.2. The van der Waals surface area contributed by atoms with Crippen LogP contribution in [-0.2, 0) is 7.05 Å². The average molecular weight is 327 g/mol. The molecule has 1 aromatic heterocycles. The van der Waals surface area contributed by atoms with Crippen LogP contribution >= 0.6 is 0 Å². The Kier molecular flexibility index (Phi) is 4.07. The predicted molar refractivity (Wildman–Crippen MR) is 94.1 cm³/mol. The lowest BCUT2D eigenvalue weighted by atomic mass is 10.2. The molecular formula is C17H18FN5O. The Morgan fingerprint density at radius 2 is 1.83 bits per heavy atom. The van der Waals surface area contributed by atoms with Crippen LogP contribution in [0.4, 0.5) is 26.4 Å². The molecule has 2 amide bonds. The Bertz CT molecular complexity index is 886. The summed E-state index contributed by atoms with van der Waals surface area (Å²) in [6, 6.07) is 11.0. The van der Waals surface area contributed by atoms with Crippen LogP contribution in [-0.4, -0.2) is 29.9 Å². The number of halogens is 1. The van der Waals surface area contributed by atoms with Crippen molar-refractivity contribution in [3.63, 3.8) is 0 Å². The fraction of sp³-hybridized carbons (Fsp3) is 0.176. The lowest BCUT2D eigenvalue weighted by Crippen LogP contribution is -2.20. The Morgan fingerprint density at radius 1 is 1.12 bits per heavy atom. The van der Waals surface area contributed by atoms with Gasteiger partial charge >= 0.3 is 6.03 Å². The van der Waals surface area contributed by atoms with E-state index in [-0.39, 0.29) is 5.82 Å². The number of nitrogens with zero attached hydrogens (tertiary/aromatic N) is 3. The topological polar surface area (TPSA) is 62.2 Å². The summed E-state index contributed by atoms with van der Waals surface area (Å²) >= 11 is 0. The summed E-state index contributed by atoms with van der Waals surface area (Å²) in [6.45, 7) is 0. The maximum Gasteiger partial charge on any atom is 0.324 e. The quantitative estimate of drug-likeness (QED) is 0.775. The van der Waals surface area contributed by atoms with Gasteiger partial charge in [-0.15, -0.1) is 0 Å². The molecule has 2 N–H and O–H groups in total. The molecule has 0 radical (unpaired) electrons. The van der Waals surface area contributed by atoms with Gasteiger partial charge in [-0.1, -0.05) is 6.07 Å². The van der Waals surface area contributed by atoms with Crippen molar-refractivity contribution in [3.05, 3.63) is 48.3 Å². The first kappa shape index (κ1) is 15.8. The molecule has 7 heteroatoms. The number of amides is 2. The molecule has 2 aromatic carbocycles. The highest BCUT2D eigenvalue weighted by Gasteiger charge is 2.16. The van der Waals surface area contributed by atoms with Gasteiger partial charge < -0.3 is 10.2 Å². The van der Waals surface area contributed by atoms with Crippen molar-refractivity contribution in [2.24, 2.45) is 7.05 Å². The standard InChI is InChI=1S/C17H18FN5O/c1-22(2)13-5-4-6-14-15(13)16(21-23(14)3)20-17(24)19-12-9-7-11(18)8-10-12/h4-10H,1-3H3,(H2,19,20,21,24). The van der Waals surface area contributed by atoms with E-state index >= 15 is 0 Å². The number of aryl methyl sites for hydroxylation is 1. The summed E-state index contributed by atoms with van der Waals surface area (Å²) in [5.41, 5.74) is 2.37. The van der Waals surface area contributed by atoms with Crippen molar-refractivity contribution in [1.29, 1.82) is 0 Å². The zero-order valence-corrected chi connectivity index (χ0v) is 13.7. The molecule has 0 aliphatic carbocycles. The summed E-state index contributed by atoms with van der Waals surface area (Å²) < 4.78 is 14.6. The maximum atomic E-state index is 12.9. The van der Waals surface area contributed by atoms with E-state index in [4.69, 9.17) is 0 Å². The molecule has 6 nitrogen and oxygen atoms in total. The van der Waals surface area contributed by atoms with E-state index in [0.717, 1.165) is 16.6 Å². The molecule has 0 aliphatic heterocycles. The second kappa shape index (κ2) is 6.19. The number of nitrogens with one attached hydrogen (secondary N) is 2. The fourth-order valence-electron chi connectivity index (χ4n) is 2.56. The SMILES string of the molecule is CN(C)c1cccc2c1c(NC(=O)Nc1ccc(F)cc1)nn2C. The molecule has 124 valence electrons. The first-order chi connectivity index (χ1) is 11.5. The molecule has 0 saturated carbocycles. The van der Waals surface area contributed by atoms with Gasteiger partial charge in [0.2, 0.25) is 0 Å². The maximum absolute atomic E-state index is 12.9. The number of aromatic nitrogens is 2. The molecule has 0 atom stereocenters. The van der Waals surface area contributed by atoms with Gasteiger partial charge in [0, 0.05) is 32.5 Å². The Morgan fingerprint density at radius 3 is 2.50 bits per heavy atom. The van der Waals surface area contributed by atoms with Crippen molar-refractivity contribution in [1.82, 2.24) is 9.78 Å². The summed E-state index contributed by atoms with van der Waals surface area (Å²) in [5.74, 6) is 0.115. The normalized spacial score (nSPS) is 10.7. The van der Waals surface area contributed by atoms with Crippen LogP contribution in [0.2, 0.25) is 0 Å². The van der Waals surface area contributed by atoms with Crippen molar-refractivity contribution < 1.29 is 9.18 Å². The van der Waals surface area contributed by atoms with Gasteiger partial charge in [0.1, 0.15) is 5.82 Å². The number of hydrogen-bond donors (Lipinski definition) is 2. The lowest BCUT2D eigenvalue weighted by molar-refractivity contribution is 0.262. The van der Waals surface area contributed by atoms with Crippen molar-refractivity contribution in [2.45, 2.75) is 0 Å². The van der Waals surface area contributed by atoms with Crippen LogP contribution in [0.3, 0.4) is 0 Å². The highest BCUT2D eigenvalue weighted by Crippen LogP contribution is 2.31. The average Bonchev–Trinajstić information content (AvgIpc) is 2.86. The number of hydrogen-bond acceptors (Lipinski definition) is 3.